The van der Waals surface area contributed by atoms with Crippen molar-refractivity contribution >= 4 is 11.3 Å². The number of nitrogens with zero attached hydrogens (tertiary/aromatic N) is 1. The van der Waals surface area contributed by atoms with Gasteiger partial charge >= 0.3 is 0 Å². The minimum absolute atomic E-state index is 0.569. The molecule has 2 saturated heterocycles. The third-order valence-electron chi connectivity index (χ3n) is 5.75. The molecule has 1 unspecified atom stereocenters. The van der Waals surface area contributed by atoms with Crippen LogP contribution in [0.4, 0.5) is 0 Å². The summed E-state index contributed by atoms with van der Waals surface area (Å²) in [4.78, 5) is 0. The van der Waals surface area contributed by atoms with Gasteiger partial charge in [-0.15, -0.1) is 0 Å². The number of piperidine rings is 2. The molecule has 22 heavy (non-hydrogen) atoms. The normalized spacial score (nSPS) is 33.0. The Balaban J connectivity index is 1.22. The summed E-state index contributed by atoms with van der Waals surface area (Å²) < 4.78 is 27.5. The molecule has 2 aliphatic heterocycles. The van der Waals surface area contributed by atoms with Gasteiger partial charge in [0.05, 0.1) is 0 Å². The number of rotatable bonds is 7. The third-order valence-corrected chi connectivity index (χ3v) is 6.55. The summed E-state index contributed by atoms with van der Waals surface area (Å²) in [6.07, 6.45) is 7.35. The highest BCUT2D eigenvalue weighted by Crippen LogP contribution is 2.49. The fraction of sp³-hybridized carbons (Fsp3) is 1.00. The van der Waals surface area contributed by atoms with Crippen LogP contribution < -0.4 is 5.32 Å². The predicted molar refractivity (Wildman–Crippen MR) is 87.7 cm³/mol. The molecule has 6 heteroatoms. The van der Waals surface area contributed by atoms with Gasteiger partial charge in [0, 0.05) is 26.3 Å². The van der Waals surface area contributed by atoms with Crippen LogP contribution in [0.1, 0.15) is 38.5 Å². The standard InChI is InChI=1S/C16H30N2O3S/c19-22(20)18-8-3-13(4-9-18)12-21-10-5-15-11-16(15)14-1-6-17-7-2-14/h13-17H,1-12H2,(H,19,20)/t15-,16-/m1/s1. The van der Waals surface area contributed by atoms with Crippen LogP contribution >= 0.6 is 0 Å². The Hall–Kier alpha value is -0.0100. The van der Waals surface area contributed by atoms with E-state index in [1.165, 1.54) is 38.8 Å². The molecule has 5 nitrogen and oxygen atoms in total. The fourth-order valence-corrected chi connectivity index (χ4v) is 4.69. The topological polar surface area (TPSA) is 61.8 Å². The minimum Gasteiger partial charge on any atom is -0.381 e. The third kappa shape index (κ3) is 4.74. The number of ether oxygens (including phenoxy) is 1. The lowest BCUT2D eigenvalue weighted by Gasteiger charge is -2.28. The number of nitrogens with one attached hydrogen (secondary N) is 1. The molecule has 0 aromatic carbocycles. The van der Waals surface area contributed by atoms with Gasteiger partial charge in [0.15, 0.2) is 0 Å². The molecule has 0 aromatic rings. The van der Waals surface area contributed by atoms with Crippen LogP contribution in [0.2, 0.25) is 0 Å². The second kappa shape index (κ2) is 8.20. The zero-order valence-electron chi connectivity index (χ0n) is 13.4. The number of hydrogen-bond donors (Lipinski definition) is 2. The Morgan fingerprint density at radius 2 is 1.91 bits per heavy atom. The summed E-state index contributed by atoms with van der Waals surface area (Å²) in [5.74, 6) is 3.43. The lowest BCUT2D eigenvalue weighted by molar-refractivity contribution is 0.0743. The molecular weight excluding hydrogens is 300 g/mol. The van der Waals surface area contributed by atoms with E-state index in [1.807, 2.05) is 0 Å². The van der Waals surface area contributed by atoms with Gasteiger partial charge in [0.25, 0.3) is 0 Å². The maximum atomic E-state index is 11.0. The smallest absolute Gasteiger partial charge is 0.234 e. The molecule has 0 amide bonds. The van der Waals surface area contributed by atoms with Crippen molar-refractivity contribution in [1.29, 1.82) is 0 Å². The molecule has 3 atom stereocenters. The van der Waals surface area contributed by atoms with Crippen molar-refractivity contribution in [1.82, 2.24) is 9.62 Å². The first-order valence-electron chi connectivity index (χ1n) is 8.88. The van der Waals surface area contributed by atoms with Gasteiger partial charge in [0.2, 0.25) is 11.3 Å². The summed E-state index contributed by atoms with van der Waals surface area (Å²) >= 11 is -1.79. The van der Waals surface area contributed by atoms with E-state index in [2.05, 4.69) is 5.32 Å². The zero-order valence-corrected chi connectivity index (χ0v) is 14.2. The lowest BCUT2D eigenvalue weighted by atomic mass is 9.91. The summed E-state index contributed by atoms with van der Waals surface area (Å²) in [6, 6.07) is 0. The van der Waals surface area contributed by atoms with E-state index < -0.39 is 11.3 Å². The van der Waals surface area contributed by atoms with Gasteiger partial charge in [0.1, 0.15) is 0 Å². The molecule has 128 valence electrons. The van der Waals surface area contributed by atoms with E-state index >= 15 is 0 Å². The van der Waals surface area contributed by atoms with Gasteiger partial charge < -0.3 is 10.1 Å². The van der Waals surface area contributed by atoms with Crippen molar-refractivity contribution in [2.24, 2.45) is 23.7 Å². The first kappa shape index (κ1) is 16.8. The minimum atomic E-state index is -1.79. The van der Waals surface area contributed by atoms with E-state index in [1.54, 1.807) is 4.31 Å². The van der Waals surface area contributed by atoms with Crippen molar-refractivity contribution in [2.45, 2.75) is 38.5 Å². The lowest BCUT2D eigenvalue weighted by Crippen LogP contribution is -2.36. The Morgan fingerprint density at radius 3 is 2.59 bits per heavy atom. The Labute approximate surface area is 136 Å². The largest absolute Gasteiger partial charge is 0.381 e. The molecule has 2 heterocycles. The molecule has 0 aromatic heterocycles. The van der Waals surface area contributed by atoms with Crippen molar-refractivity contribution in [3.05, 3.63) is 0 Å². The Morgan fingerprint density at radius 1 is 1.18 bits per heavy atom. The average Bonchev–Trinajstić information content (AvgIpc) is 3.32. The van der Waals surface area contributed by atoms with Crippen LogP contribution in [-0.2, 0) is 16.0 Å². The molecule has 3 aliphatic rings. The molecule has 1 aliphatic carbocycles. The van der Waals surface area contributed by atoms with Crippen LogP contribution in [0, 0.1) is 23.7 Å². The first-order valence-corrected chi connectivity index (χ1v) is 9.95. The molecule has 1 saturated carbocycles. The highest BCUT2D eigenvalue weighted by Gasteiger charge is 2.42. The van der Waals surface area contributed by atoms with E-state index in [4.69, 9.17) is 9.29 Å². The van der Waals surface area contributed by atoms with Crippen LogP contribution in [0.15, 0.2) is 0 Å². The molecule has 3 fully saturated rings. The maximum Gasteiger partial charge on any atom is 0.234 e. The highest BCUT2D eigenvalue weighted by atomic mass is 32.2. The summed E-state index contributed by atoms with van der Waals surface area (Å²) in [5.41, 5.74) is 0. The quantitative estimate of drug-likeness (QED) is 0.553. The van der Waals surface area contributed by atoms with Gasteiger partial charge in [-0.3, -0.25) is 4.55 Å². The summed E-state index contributed by atoms with van der Waals surface area (Å²) in [5, 5.41) is 3.45. The van der Waals surface area contributed by atoms with Crippen LogP contribution in [0.5, 0.6) is 0 Å². The monoisotopic (exact) mass is 330 g/mol. The molecule has 0 bridgehead atoms. The van der Waals surface area contributed by atoms with Gasteiger partial charge in [-0.25, -0.2) is 8.51 Å². The molecule has 0 spiro atoms. The molecule has 3 rings (SSSR count). The second-order valence-corrected chi connectivity index (χ2v) is 8.19. The van der Waals surface area contributed by atoms with E-state index in [0.717, 1.165) is 56.9 Å². The molecule has 2 N–H and O–H groups in total. The highest BCUT2D eigenvalue weighted by molar-refractivity contribution is 7.76. The van der Waals surface area contributed by atoms with Crippen molar-refractivity contribution in [3.63, 3.8) is 0 Å². The SMILES string of the molecule is O=S(O)N1CCC(COCC[C@@H]2C[C@@H]2C2CCNCC2)CC1. The first-order chi connectivity index (χ1) is 10.7. The zero-order chi connectivity index (χ0) is 15.4. The fourth-order valence-electron chi connectivity index (χ4n) is 4.17. The maximum absolute atomic E-state index is 11.0. The van der Waals surface area contributed by atoms with Crippen LogP contribution in [0.25, 0.3) is 0 Å². The van der Waals surface area contributed by atoms with Gasteiger partial charge in [-0.05, 0) is 75.3 Å². The van der Waals surface area contributed by atoms with Gasteiger partial charge in [-0.2, -0.15) is 0 Å². The van der Waals surface area contributed by atoms with Crippen LogP contribution in [0.3, 0.4) is 0 Å². The Kier molecular flexibility index (Phi) is 6.27. The summed E-state index contributed by atoms with van der Waals surface area (Å²) in [6.45, 7) is 5.59. The van der Waals surface area contributed by atoms with E-state index in [9.17, 15) is 4.21 Å². The average molecular weight is 330 g/mol. The van der Waals surface area contributed by atoms with Crippen molar-refractivity contribution < 1.29 is 13.5 Å². The second-order valence-electron chi connectivity index (χ2n) is 7.21. The predicted octanol–water partition coefficient (Wildman–Crippen LogP) is 1.88. The summed E-state index contributed by atoms with van der Waals surface area (Å²) in [7, 11) is 0. The van der Waals surface area contributed by atoms with E-state index in [-0.39, 0.29) is 0 Å². The van der Waals surface area contributed by atoms with E-state index in [0.29, 0.717) is 5.92 Å². The van der Waals surface area contributed by atoms with Crippen LogP contribution in [-0.4, -0.2) is 52.5 Å². The van der Waals surface area contributed by atoms with Crippen molar-refractivity contribution in [2.75, 3.05) is 39.4 Å². The Bertz CT molecular complexity index is 368. The van der Waals surface area contributed by atoms with Crippen molar-refractivity contribution in [3.8, 4) is 0 Å². The van der Waals surface area contributed by atoms with Gasteiger partial charge in [-0.1, -0.05) is 0 Å². The molecule has 0 radical (unpaired) electrons. The number of hydrogen-bond acceptors (Lipinski definition) is 3. The molecular formula is C16H30N2O3S.